The van der Waals surface area contributed by atoms with Crippen molar-refractivity contribution >= 4 is 19.0 Å². The maximum Gasteiger partial charge on any atom is 0.372 e. The van der Waals surface area contributed by atoms with E-state index in [4.69, 9.17) is 0 Å². The van der Waals surface area contributed by atoms with E-state index >= 15 is 0 Å². The number of hydrogen-bond acceptors (Lipinski definition) is 2. The average Bonchev–Trinajstić information content (AvgIpc) is 2.76. The number of quaternary nitrogens is 1. The maximum absolute atomic E-state index is 10.3. The lowest BCUT2D eigenvalue weighted by molar-refractivity contribution is -0.841. The molecule has 3 aliphatic rings. The Morgan fingerprint density at radius 1 is 1.27 bits per heavy atom. The van der Waals surface area contributed by atoms with Crippen molar-refractivity contribution in [3.8, 4) is 6.01 Å². The van der Waals surface area contributed by atoms with Gasteiger partial charge < -0.3 is 9.50 Å². The van der Waals surface area contributed by atoms with Crippen molar-refractivity contribution in [2.75, 3.05) is 19.6 Å². The first-order valence-corrected chi connectivity index (χ1v) is 8.45. The van der Waals surface area contributed by atoms with Gasteiger partial charge in [-0.3, -0.25) is 4.57 Å². The van der Waals surface area contributed by atoms with E-state index in [1.807, 2.05) is 4.57 Å². The number of fused-ring (bicyclic) bond motifs is 4. The van der Waals surface area contributed by atoms with Gasteiger partial charge in [-0.05, 0) is 55.9 Å². The van der Waals surface area contributed by atoms with Crippen LogP contribution in [0.15, 0.2) is 12.1 Å². The summed E-state index contributed by atoms with van der Waals surface area (Å²) in [7, 11) is 2.39. The fourth-order valence-electron chi connectivity index (χ4n) is 4.57. The van der Waals surface area contributed by atoms with Crippen LogP contribution in [0, 0.1) is 25.7 Å². The monoisotopic (exact) mass is 298 g/mol. The zero-order chi connectivity index (χ0) is 15.5. The second kappa shape index (κ2) is 4.75. The molecule has 4 heterocycles. The number of aryl methyl sites for hydroxylation is 2. The molecule has 1 unspecified atom stereocenters. The number of imidazole rings is 1. The van der Waals surface area contributed by atoms with Crippen molar-refractivity contribution in [2.24, 2.45) is 11.8 Å². The van der Waals surface area contributed by atoms with Crippen LogP contribution in [0.5, 0.6) is 6.01 Å². The highest BCUT2D eigenvalue weighted by atomic mass is 16.3. The van der Waals surface area contributed by atoms with Crippen LogP contribution in [-0.2, 0) is 6.54 Å². The van der Waals surface area contributed by atoms with E-state index in [1.54, 1.807) is 0 Å². The molecule has 0 radical (unpaired) electrons. The largest absolute Gasteiger partial charge is 0.480 e. The predicted octanol–water partition coefficient (Wildman–Crippen LogP) is 1.76. The maximum atomic E-state index is 10.3. The molecule has 0 aliphatic carbocycles. The summed E-state index contributed by atoms with van der Waals surface area (Å²) in [5, 5.41) is 10.3. The molecule has 3 aliphatic heterocycles. The van der Waals surface area contributed by atoms with E-state index in [2.05, 4.69) is 38.9 Å². The highest BCUT2D eigenvalue weighted by molar-refractivity contribution is 5.97. The van der Waals surface area contributed by atoms with Crippen molar-refractivity contribution in [1.82, 2.24) is 9.55 Å². The predicted molar refractivity (Wildman–Crippen MR) is 90.5 cm³/mol. The molecular formula is C17H25BN3O+. The topological polar surface area (TPSA) is 38.0 Å². The van der Waals surface area contributed by atoms with E-state index < -0.39 is 0 Å². The molecule has 116 valence electrons. The third kappa shape index (κ3) is 2.14. The second-order valence-electron chi connectivity index (χ2n) is 7.79. The molecule has 3 fully saturated rings. The van der Waals surface area contributed by atoms with E-state index in [1.165, 1.54) is 48.0 Å². The molecule has 1 aromatic carbocycles. The molecule has 2 bridgehead atoms. The fraction of sp³-hybridized carbons (Fsp3) is 0.588. The summed E-state index contributed by atoms with van der Waals surface area (Å²) in [5.41, 5.74) is 4.50. The van der Waals surface area contributed by atoms with Crippen LogP contribution in [-0.4, -0.2) is 46.7 Å². The molecular weight excluding hydrogens is 273 g/mol. The summed E-state index contributed by atoms with van der Waals surface area (Å²) in [6.45, 7) is 9.04. The van der Waals surface area contributed by atoms with Crippen molar-refractivity contribution in [2.45, 2.75) is 33.2 Å². The second-order valence-corrected chi connectivity index (χ2v) is 7.79. The van der Waals surface area contributed by atoms with Gasteiger partial charge in [0.05, 0.1) is 30.7 Å². The fourth-order valence-corrected chi connectivity index (χ4v) is 4.57. The van der Waals surface area contributed by atoms with Crippen molar-refractivity contribution in [3.05, 3.63) is 23.3 Å². The standard InChI is InChI=1S/C17H24BN3O/c1-11-7-15-16(8-12(11)2)20(17(22)19-15)9-14-10-21(18)5-3-13(14)4-6-21/h7-8,13-14H,3-6,9-10,18H2,1-2H3/p+1. The Labute approximate surface area is 132 Å². The summed E-state index contributed by atoms with van der Waals surface area (Å²) in [5.74, 6) is 1.49. The zero-order valence-corrected chi connectivity index (χ0v) is 13.8. The Balaban J connectivity index is 1.70. The normalized spacial score (nSPS) is 31.0. The first-order chi connectivity index (χ1) is 10.5. The van der Waals surface area contributed by atoms with Gasteiger partial charge in [-0.1, -0.05) is 0 Å². The van der Waals surface area contributed by atoms with Gasteiger partial charge >= 0.3 is 7.98 Å². The van der Waals surface area contributed by atoms with Gasteiger partial charge in [0.25, 0.3) is 6.01 Å². The number of rotatable bonds is 2. The van der Waals surface area contributed by atoms with E-state index in [0.29, 0.717) is 5.92 Å². The molecule has 1 N–H and O–H groups in total. The number of benzene rings is 1. The van der Waals surface area contributed by atoms with Gasteiger partial charge in [-0.2, -0.15) is 4.98 Å². The molecule has 0 amide bonds. The van der Waals surface area contributed by atoms with Crippen LogP contribution in [0.25, 0.3) is 11.0 Å². The number of aromatic nitrogens is 2. The minimum atomic E-state index is 0.180. The quantitative estimate of drug-likeness (QED) is 0.858. The number of piperidine rings is 3. The lowest BCUT2D eigenvalue weighted by Crippen LogP contribution is -2.60. The molecule has 1 atom stereocenters. The van der Waals surface area contributed by atoms with E-state index in [-0.39, 0.29) is 6.01 Å². The molecule has 1 aromatic heterocycles. The average molecular weight is 298 g/mol. The smallest absolute Gasteiger partial charge is 0.372 e. The van der Waals surface area contributed by atoms with E-state index in [0.717, 1.165) is 23.5 Å². The summed E-state index contributed by atoms with van der Waals surface area (Å²) in [4.78, 5) is 4.37. The van der Waals surface area contributed by atoms with Crippen LogP contribution in [0.3, 0.4) is 0 Å². The summed E-state index contributed by atoms with van der Waals surface area (Å²) < 4.78 is 3.26. The number of hydrogen-bond donors (Lipinski definition) is 1. The van der Waals surface area contributed by atoms with Gasteiger partial charge in [0.1, 0.15) is 0 Å². The van der Waals surface area contributed by atoms with Crippen LogP contribution in [0.4, 0.5) is 0 Å². The third-order valence-electron chi connectivity index (χ3n) is 6.18. The Bertz CT molecular complexity index is 731. The van der Waals surface area contributed by atoms with Crippen LogP contribution in [0.1, 0.15) is 24.0 Å². The summed E-state index contributed by atoms with van der Waals surface area (Å²) >= 11 is 0. The Morgan fingerprint density at radius 2 is 1.95 bits per heavy atom. The number of nitrogens with zero attached hydrogens (tertiary/aromatic N) is 3. The molecule has 0 spiro atoms. The van der Waals surface area contributed by atoms with Crippen LogP contribution >= 0.6 is 0 Å². The molecule has 4 nitrogen and oxygen atoms in total. The van der Waals surface area contributed by atoms with E-state index in [9.17, 15) is 5.11 Å². The first kappa shape index (κ1) is 14.1. The van der Waals surface area contributed by atoms with Crippen molar-refractivity contribution in [3.63, 3.8) is 0 Å². The van der Waals surface area contributed by atoms with Crippen molar-refractivity contribution in [1.29, 1.82) is 0 Å². The van der Waals surface area contributed by atoms with Crippen molar-refractivity contribution < 1.29 is 9.50 Å². The SMILES string of the molecule is B[N+]12CCC(CC1)C(Cn1c(O)nc3cc(C)c(C)cc31)C2. The zero-order valence-electron chi connectivity index (χ0n) is 13.8. The Morgan fingerprint density at radius 3 is 2.64 bits per heavy atom. The van der Waals surface area contributed by atoms with Gasteiger partial charge in [0, 0.05) is 12.5 Å². The highest BCUT2D eigenvalue weighted by Crippen LogP contribution is 2.38. The lowest BCUT2D eigenvalue weighted by Gasteiger charge is -2.52. The highest BCUT2D eigenvalue weighted by Gasteiger charge is 2.42. The Kier molecular flexibility index (Phi) is 3.05. The molecule has 22 heavy (non-hydrogen) atoms. The minimum Gasteiger partial charge on any atom is -0.480 e. The summed E-state index contributed by atoms with van der Waals surface area (Å²) in [6, 6.07) is 4.44. The number of aromatic hydroxyl groups is 1. The molecule has 3 saturated heterocycles. The molecule has 5 heteroatoms. The molecule has 5 rings (SSSR count). The van der Waals surface area contributed by atoms with Gasteiger partial charge in [-0.25, -0.2) is 0 Å². The van der Waals surface area contributed by atoms with Gasteiger partial charge in [0.15, 0.2) is 0 Å². The van der Waals surface area contributed by atoms with Gasteiger partial charge in [-0.15, -0.1) is 0 Å². The third-order valence-corrected chi connectivity index (χ3v) is 6.18. The molecule has 2 aromatic rings. The van der Waals surface area contributed by atoms with Crippen LogP contribution in [0.2, 0.25) is 0 Å². The summed E-state index contributed by atoms with van der Waals surface area (Å²) in [6.07, 6.45) is 2.68. The lowest BCUT2D eigenvalue weighted by atomic mass is 9.75. The molecule has 0 saturated carbocycles. The van der Waals surface area contributed by atoms with Gasteiger partial charge in [0.2, 0.25) is 0 Å². The van der Waals surface area contributed by atoms with Crippen LogP contribution < -0.4 is 0 Å². The Hall–Kier alpha value is -1.49. The minimum absolute atomic E-state index is 0.180. The first-order valence-electron chi connectivity index (χ1n) is 8.45.